The van der Waals surface area contributed by atoms with E-state index in [1.807, 2.05) is 4.90 Å². The number of unbranched alkanes of at least 4 members (excludes halogenated alkanes) is 2. The Hall–Kier alpha value is -1.38. The first kappa shape index (κ1) is 14.0. The highest BCUT2D eigenvalue weighted by Gasteiger charge is 2.29. The highest BCUT2D eigenvalue weighted by Crippen LogP contribution is 2.32. The Morgan fingerprint density at radius 3 is 2.74 bits per heavy atom. The lowest BCUT2D eigenvalue weighted by Gasteiger charge is -2.25. The number of amides is 1. The summed E-state index contributed by atoms with van der Waals surface area (Å²) >= 11 is 0. The molecule has 0 N–H and O–H groups in total. The summed E-state index contributed by atoms with van der Waals surface area (Å²) in [4.78, 5) is 14.2. The molecular weight excluding hydrogens is 241 g/mol. The summed E-state index contributed by atoms with van der Waals surface area (Å²) in [5, 5.41) is 0. The van der Waals surface area contributed by atoms with E-state index in [0.29, 0.717) is 6.42 Å². The molecule has 104 valence electrons. The zero-order valence-corrected chi connectivity index (χ0v) is 11.6. The van der Waals surface area contributed by atoms with Gasteiger partial charge in [-0.05, 0) is 37.0 Å². The number of rotatable bonds is 5. The Labute approximate surface area is 114 Å². The van der Waals surface area contributed by atoms with Crippen LogP contribution in [0.4, 0.5) is 4.39 Å². The van der Waals surface area contributed by atoms with Gasteiger partial charge in [0.15, 0.2) is 0 Å². The van der Waals surface area contributed by atoms with Crippen molar-refractivity contribution >= 4 is 5.91 Å². The van der Waals surface area contributed by atoms with E-state index in [4.69, 9.17) is 0 Å². The SMILES string of the molecule is CCCCCC(=O)N1CCCC1c1ccc(F)cc1. The second-order valence-electron chi connectivity index (χ2n) is 5.25. The summed E-state index contributed by atoms with van der Waals surface area (Å²) in [7, 11) is 0. The average Bonchev–Trinajstić information content (AvgIpc) is 2.89. The van der Waals surface area contributed by atoms with Crippen molar-refractivity contribution in [2.24, 2.45) is 0 Å². The summed E-state index contributed by atoms with van der Waals surface area (Å²) in [5.74, 6) is 0.0304. The zero-order chi connectivity index (χ0) is 13.7. The van der Waals surface area contributed by atoms with Crippen LogP contribution in [0.15, 0.2) is 24.3 Å². The molecule has 0 bridgehead atoms. The Morgan fingerprint density at radius 1 is 1.32 bits per heavy atom. The predicted octanol–water partition coefficient (Wildman–Crippen LogP) is 4.07. The maximum Gasteiger partial charge on any atom is 0.223 e. The first-order valence-corrected chi connectivity index (χ1v) is 7.27. The Kier molecular flexibility index (Phi) is 4.94. The first-order valence-electron chi connectivity index (χ1n) is 7.27. The third kappa shape index (κ3) is 3.55. The number of likely N-dealkylation sites (tertiary alicyclic amines) is 1. The molecule has 19 heavy (non-hydrogen) atoms. The molecule has 1 aromatic carbocycles. The van der Waals surface area contributed by atoms with Crippen molar-refractivity contribution in [3.63, 3.8) is 0 Å². The summed E-state index contributed by atoms with van der Waals surface area (Å²) in [6, 6.07) is 6.71. The van der Waals surface area contributed by atoms with Gasteiger partial charge < -0.3 is 4.90 Å². The lowest BCUT2D eigenvalue weighted by molar-refractivity contribution is -0.132. The van der Waals surface area contributed by atoms with Crippen LogP contribution in [0.3, 0.4) is 0 Å². The van der Waals surface area contributed by atoms with E-state index in [-0.39, 0.29) is 17.8 Å². The first-order chi connectivity index (χ1) is 9.22. The highest BCUT2D eigenvalue weighted by molar-refractivity contribution is 5.77. The van der Waals surface area contributed by atoms with Crippen LogP contribution in [0.25, 0.3) is 0 Å². The molecule has 1 aliphatic heterocycles. The maximum absolute atomic E-state index is 13.0. The number of hydrogen-bond acceptors (Lipinski definition) is 1. The minimum absolute atomic E-state index is 0.148. The molecule has 0 radical (unpaired) electrons. The number of carbonyl (C=O) groups excluding carboxylic acids is 1. The second-order valence-corrected chi connectivity index (χ2v) is 5.25. The molecule has 1 amide bonds. The third-order valence-electron chi connectivity index (χ3n) is 3.82. The molecule has 1 aliphatic rings. The van der Waals surface area contributed by atoms with Crippen molar-refractivity contribution in [2.75, 3.05) is 6.54 Å². The fourth-order valence-electron chi connectivity index (χ4n) is 2.77. The van der Waals surface area contributed by atoms with E-state index in [2.05, 4.69) is 6.92 Å². The number of benzene rings is 1. The van der Waals surface area contributed by atoms with Crippen LogP contribution in [0.2, 0.25) is 0 Å². The van der Waals surface area contributed by atoms with E-state index in [0.717, 1.165) is 44.2 Å². The van der Waals surface area contributed by atoms with Crippen molar-refractivity contribution in [1.29, 1.82) is 0 Å². The topological polar surface area (TPSA) is 20.3 Å². The molecule has 1 atom stereocenters. The van der Waals surface area contributed by atoms with Gasteiger partial charge in [0, 0.05) is 13.0 Å². The minimum Gasteiger partial charge on any atom is -0.336 e. The van der Waals surface area contributed by atoms with E-state index >= 15 is 0 Å². The Morgan fingerprint density at radius 2 is 2.05 bits per heavy atom. The standard InChI is InChI=1S/C16H22FNO/c1-2-3-4-7-16(19)18-12-5-6-15(18)13-8-10-14(17)11-9-13/h8-11,15H,2-7,12H2,1H3. The molecular formula is C16H22FNO. The van der Waals surface area contributed by atoms with Crippen molar-refractivity contribution in [3.05, 3.63) is 35.6 Å². The van der Waals surface area contributed by atoms with Crippen LogP contribution in [-0.4, -0.2) is 17.4 Å². The summed E-state index contributed by atoms with van der Waals surface area (Å²) in [5.41, 5.74) is 1.06. The molecule has 2 rings (SSSR count). The fourth-order valence-corrected chi connectivity index (χ4v) is 2.77. The normalized spacial score (nSPS) is 18.8. The predicted molar refractivity (Wildman–Crippen MR) is 74.2 cm³/mol. The van der Waals surface area contributed by atoms with Crippen LogP contribution < -0.4 is 0 Å². The molecule has 1 saturated heterocycles. The molecule has 0 aliphatic carbocycles. The molecule has 3 heteroatoms. The fraction of sp³-hybridized carbons (Fsp3) is 0.562. The lowest BCUT2D eigenvalue weighted by Crippen LogP contribution is -2.30. The molecule has 0 saturated carbocycles. The number of carbonyl (C=O) groups is 1. The van der Waals surface area contributed by atoms with E-state index < -0.39 is 0 Å². The maximum atomic E-state index is 13.0. The van der Waals surface area contributed by atoms with E-state index in [1.54, 1.807) is 12.1 Å². The van der Waals surface area contributed by atoms with Gasteiger partial charge in [0.2, 0.25) is 5.91 Å². The second kappa shape index (κ2) is 6.69. The van der Waals surface area contributed by atoms with Gasteiger partial charge in [-0.2, -0.15) is 0 Å². The average molecular weight is 263 g/mol. The monoisotopic (exact) mass is 263 g/mol. The largest absolute Gasteiger partial charge is 0.336 e. The van der Waals surface area contributed by atoms with E-state index in [9.17, 15) is 9.18 Å². The summed E-state index contributed by atoms with van der Waals surface area (Å²) < 4.78 is 13.0. The number of hydrogen-bond donors (Lipinski definition) is 0. The van der Waals surface area contributed by atoms with E-state index in [1.165, 1.54) is 12.1 Å². The van der Waals surface area contributed by atoms with Gasteiger partial charge in [-0.1, -0.05) is 31.9 Å². The minimum atomic E-state index is -0.220. The van der Waals surface area contributed by atoms with Gasteiger partial charge in [0.05, 0.1) is 6.04 Å². The molecule has 2 nitrogen and oxygen atoms in total. The number of nitrogens with zero attached hydrogens (tertiary/aromatic N) is 1. The van der Waals surface area contributed by atoms with Gasteiger partial charge in [-0.3, -0.25) is 4.79 Å². The molecule has 0 spiro atoms. The van der Waals surface area contributed by atoms with Gasteiger partial charge in [0.25, 0.3) is 0 Å². The molecule has 1 unspecified atom stereocenters. The van der Waals surface area contributed by atoms with Crippen molar-refractivity contribution < 1.29 is 9.18 Å². The zero-order valence-electron chi connectivity index (χ0n) is 11.6. The van der Waals surface area contributed by atoms with Crippen LogP contribution in [0.1, 0.15) is 57.1 Å². The smallest absolute Gasteiger partial charge is 0.223 e. The van der Waals surface area contributed by atoms with Crippen molar-refractivity contribution in [2.45, 2.75) is 51.5 Å². The molecule has 1 heterocycles. The molecule has 1 fully saturated rings. The Balaban J connectivity index is 2.00. The van der Waals surface area contributed by atoms with Gasteiger partial charge in [-0.25, -0.2) is 4.39 Å². The summed E-state index contributed by atoms with van der Waals surface area (Å²) in [6.07, 6.45) is 5.90. The number of halogens is 1. The summed E-state index contributed by atoms with van der Waals surface area (Å²) in [6.45, 7) is 2.98. The van der Waals surface area contributed by atoms with Gasteiger partial charge in [0.1, 0.15) is 5.82 Å². The van der Waals surface area contributed by atoms with Crippen LogP contribution >= 0.6 is 0 Å². The Bertz CT molecular complexity index is 415. The van der Waals surface area contributed by atoms with Crippen molar-refractivity contribution in [3.8, 4) is 0 Å². The highest BCUT2D eigenvalue weighted by atomic mass is 19.1. The third-order valence-corrected chi connectivity index (χ3v) is 3.82. The van der Waals surface area contributed by atoms with Crippen LogP contribution in [-0.2, 0) is 4.79 Å². The van der Waals surface area contributed by atoms with Crippen molar-refractivity contribution in [1.82, 2.24) is 4.90 Å². The van der Waals surface area contributed by atoms with Crippen LogP contribution in [0, 0.1) is 5.82 Å². The van der Waals surface area contributed by atoms with Crippen LogP contribution in [0.5, 0.6) is 0 Å². The molecule has 1 aromatic rings. The quantitative estimate of drug-likeness (QED) is 0.733. The van der Waals surface area contributed by atoms with Gasteiger partial charge in [-0.15, -0.1) is 0 Å². The lowest BCUT2D eigenvalue weighted by atomic mass is 10.0. The molecule has 0 aromatic heterocycles. The van der Waals surface area contributed by atoms with Gasteiger partial charge >= 0.3 is 0 Å².